The third-order valence-electron chi connectivity index (χ3n) is 4.63. The van der Waals surface area contributed by atoms with Gasteiger partial charge in [0.2, 0.25) is 0 Å². The number of piperidine rings is 1. The Morgan fingerprint density at radius 1 is 1.27 bits per heavy atom. The van der Waals surface area contributed by atoms with Gasteiger partial charge in [-0.2, -0.15) is 0 Å². The van der Waals surface area contributed by atoms with Gasteiger partial charge in [-0.1, -0.05) is 36.7 Å². The monoisotopic (exact) mass is 373 g/mol. The Kier molecular flexibility index (Phi) is 5.89. The van der Waals surface area contributed by atoms with Crippen LogP contribution in [0, 0.1) is 5.92 Å². The van der Waals surface area contributed by atoms with E-state index < -0.39 is 0 Å². The summed E-state index contributed by atoms with van der Waals surface area (Å²) in [5.74, 6) is 1.11. The van der Waals surface area contributed by atoms with Gasteiger partial charge in [-0.15, -0.1) is 0 Å². The molecule has 3 rings (SSSR count). The van der Waals surface area contributed by atoms with E-state index in [2.05, 4.69) is 17.1 Å². The summed E-state index contributed by atoms with van der Waals surface area (Å²) in [7, 11) is 0. The van der Waals surface area contributed by atoms with Crippen molar-refractivity contribution in [2.45, 2.75) is 19.8 Å². The molecule has 0 bridgehead atoms. The highest BCUT2D eigenvalue weighted by atomic mass is 35.5. The minimum atomic E-state index is -0.265. The Labute approximate surface area is 159 Å². The first-order valence-corrected chi connectivity index (χ1v) is 9.22. The zero-order valence-corrected chi connectivity index (χ0v) is 15.6. The fourth-order valence-corrected chi connectivity index (χ4v) is 3.27. The van der Waals surface area contributed by atoms with Crippen LogP contribution in [0.15, 0.2) is 42.5 Å². The van der Waals surface area contributed by atoms with Gasteiger partial charge in [0.15, 0.2) is 6.61 Å². The van der Waals surface area contributed by atoms with Gasteiger partial charge in [-0.3, -0.25) is 4.79 Å². The van der Waals surface area contributed by atoms with Crippen LogP contribution in [0.1, 0.15) is 19.8 Å². The molecular formula is C20H24ClN3O2. The average molecular weight is 374 g/mol. The fourth-order valence-electron chi connectivity index (χ4n) is 3.05. The topological polar surface area (TPSA) is 67.6 Å². The molecule has 5 nitrogen and oxygen atoms in total. The maximum atomic E-state index is 12.2. The van der Waals surface area contributed by atoms with E-state index in [1.54, 1.807) is 18.2 Å². The van der Waals surface area contributed by atoms with Crippen LogP contribution in [0.2, 0.25) is 5.02 Å². The Morgan fingerprint density at radius 2 is 1.96 bits per heavy atom. The number of ether oxygens (including phenoxy) is 1. The molecule has 1 saturated heterocycles. The van der Waals surface area contributed by atoms with Crippen LogP contribution >= 0.6 is 11.6 Å². The van der Waals surface area contributed by atoms with E-state index in [0.29, 0.717) is 22.1 Å². The molecule has 26 heavy (non-hydrogen) atoms. The molecule has 3 N–H and O–H groups in total. The molecule has 0 spiro atoms. The number of rotatable bonds is 5. The van der Waals surface area contributed by atoms with Crippen molar-refractivity contribution >= 4 is 34.6 Å². The van der Waals surface area contributed by atoms with Crippen LogP contribution in [0.5, 0.6) is 5.75 Å². The highest BCUT2D eigenvalue weighted by Crippen LogP contribution is 2.35. The molecule has 0 unspecified atom stereocenters. The van der Waals surface area contributed by atoms with Crippen molar-refractivity contribution in [3.8, 4) is 5.75 Å². The lowest BCUT2D eigenvalue weighted by atomic mass is 9.98. The van der Waals surface area contributed by atoms with Gasteiger partial charge in [0.25, 0.3) is 5.91 Å². The van der Waals surface area contributed by atoms with Crippen LogP contribution < -0.4 is 20.7 Å². The number of carbonyl (C=O) groups excluding carboxylic acids is 1. The van der Waals surface area contributed by atoms with E-state index >= 15 is 0 Å². The number of halogens is 1. The summed E-state index contributed by atoms with van der Waals surface area (Å²) in [5, 5.41) is 3.24. The molecule has 6 heteroatoms. The molecule has 1 aliphatic rings. The Hall–Kier alpha value is -2.40. The number of hydrogen-bond acceptors (Lipinski definition) is 4. The minimum Gasteiger partial charge on any atom is -0.484 e. The number of hydrogen-bond donors (Lipinski definition) is 2. The first-order chi connectivity index (χ1) is 12.5. The average Bonchev–Trinajstić information content (AvgIpc) is 2.64. The molecule has 2 aromatic carbocycles. The first kappa shape index (κ1) is 18.4. The number of nitrogen functional groups attached to an aromatic ring is 1. The quantitative estimate of drug-likeness (QED) is 0.771. The third-order valence-corrected chi connectivity index (χ3v) is 4.94. The van der Waals surface area contributed by atoms with E-state index in [9.17, 15) is 4.79 Å². The number of nitrogens with two attached hydrogens (primary N) is 1. The van der Waals surface area contributed by atoms with Crippen molar-refractivity contribution in [2.75, 3.05) is 35.6 Å². The van der Waals surface area contributed by atoms with Gasteiger partial charge in [-0.05, 0) is 43.0 Å². The van der Waals surface area contributed by atoms with Crippen molar-refractivity contribution in [3.63, 3.8) is 0 Å². The van der Waals surface area contributed by atoms with Gasteiger partial charge < -0.3 is 20.7 Å². The lowest BCUT2D eigenvalue weighted by Crippen LogP contribution is -2.33. The number of nitrogens with zero attached hydrogens (tertiary/aromatic N) is 1. The van der Waals surface area contributed by atoms with Crippen molar-refractivity contribution < 1.29 is 9.53 Å². The molecule has 1 heterocycles. The summed E-state index contributed by atoms with van der Waals surface area (Å²) < 4.78 is 5.47. The van der Waals surface area contributed by atoms with Gasteiger partial charge >= 0.3 is 0 Å². The Balaban J connectivity index is 1.67. The van der Waals surface area contributed by atoms with Crippen LogP contribution in [0.4, 0.5) is 17.1 Å². The third kappa shape index (κ3) is 4.61. The summed E-state index contributed by atoms with van der Waals surface area (Å²) >= 11 is 6.27. The molecule has 1 fully saturated rings. The van der Waals surface area contributed by atoms with E-state index in [4.69, 9.17) is 22.1 Å². The largest absolute Gasteiger partial charge is 0.484 e. The van der Waals surface area contributed by atoms with Crippen LogP contribution in [-0.2, 0) is 4.79 Å². The fraction of sp³-hybridized carbons (Fsp3) is 0.350. The molecule has 0 aromatic heterocycles. The first-order valence-electron chi connectivity index (χ1n) is 8.84. The molecule has 1 aliphatic heterocycles. The normalized spacial score (nSPS) is 14.9. The highest BCUT2D eigenvalue weighted by molar-refractivity contribution is 6.34. The predicted octanol–water partition coefficient (Wildman–Crippen LogP) is 4.18. The number of para-hydroxylation sites is 1. The number of carbonyl (C=O) groups is 1. The molecule has 0 saturated carbocycles. The van der Waals surface area contributed by atoms with Crippen LogP contribution in [-0.4, -0.2) is 25.6 Å². The van der Waals surface area contributed by atoms with Crippen LogP contribution in [0.25, 0.3) is 0 Å². The lowest BCUT2D eigenvalue weighted by molar-refractivity contribution is -0.118. The number of nitrogens with one attached hydrogen (secondary N) is 1. The van der Waals surface area contributed by atoms with E-state index in [1.165, 1.54) is 0 Å². The zero-order valence-electron chi connectivity index (χ0n) is 14.9. The zero-order chi connectivity index (χ0) is 18.5. The smallest absolute Gasteiger partial charge is 0.262 e. The predicted molar refractivity (Wildman–Crippen MR) is 107 cm³/mol. The summed E-state index contributed by atoms with van der Waals surface area (Å²) in [6.07, 6.45) is 2.27. The maximum absolute atomic E-state index is 12.2. The lowest BCUT2D eigenvalue weighted by Gasteiger charge is -2.33. The van der Waals surface area contributed by atoms with Gasteiger partial charge in [0.05, 0.1) is 22.1 Å². The SMILES string of the molecule is CC1CCN(c2cc(NC(=O)COc3ccccc3)c(Cl)cc2N)CC1. The molecular weight excluding hydrogens is 350 g/mol. The number of benzene rings is 2. The van der Waals surface area contributed by atoms with Crippen molar-refractivity contribution in [3.05, 3.63) is 47.5 Å². The molecule has 0 atom stereocenters. The van der Waals surface area contributed by atoms with Gasteiger partial charge in [-0.25, -0.2) is 0 Å². The van der Waals surface area contributed by atoms with E-state index in [-0.39, 0.29) is 12.5 Å². The van der Waals surface area contributed by atoms with Crippen molar-refractivity contribution in [2.24, 2.45) is 5.92 Å². The maximum Gasteiger partial charge on any atom is 0.262 e. The second-order valence-corrected chi connectivity index (χ2v) is 7.12. The van der Waals surface area contributed by atoms with Gasteiger partial charge in [0.1, 0.15) is 5.75 Å². The van der Waals surface area contributed by atoms with Gasteiger partial charge in [0, 0.05) is 13.1 Å². The molecule has 138 valence electrons. The highest BCUT2D eigenvalue weighted by Gasteiger charge is 2.19. The summed E-state index contributed by atoms with van der Waals surface area (Å²) in [5.41, 5.74) is 8.25. The van der Waals surface area contributed by atoms with E-state index in [1.807, 2.05) is 24.3 Å². The second-order valence-electron chi connectivity index (χ2n) is 6.71. The van der Waals surface area contributed by atoms with Crippen molar-refractivity contribution in [1.29, 1.82) is 0 Å². The molecule has 1 amide bonds. The van der Waals surface area contributed by atoms with Crippen molar-refractivity contribution in [1.82, 2.24) is 0 Å². The minimum absolute atomic E-state index is 0.0821. The second kappa shape index (κ2) is 8.32. The van der Waals surface area contributed by atoms with Crippen LogP contribution in [0.3, 0.4) is 0 Å². The molecule has 0 radical (unpaired) electrons. The standard InChI is InChI=1S/C20H24ClN3O2/c1-14-7-9-24(10-8-14)19-12-18(16(21)11-17(19)22)23-20(25)13-26-15-5-3-2-4-6-15/h2-6,11-12,14H,7-10,13,22H2,1H3,(H,23,25). The van der Waals surface area contributed by atoms with E-state index in [0.717, 1.165) is 37.5 Å². The summed E-state index contributed by atoms with van der Waals surface area (Å²) in [4.78, 5) is 14.5. The summed E-state index contributed by atoms with van der Waals surface area (Å²) in [6.45, 7) is 4.09. The summed E-state index contributed by atoms with van der Waals surface area (Å²) in [6, 6.07) is 12.8. The number of amides is 1. The Morgan fingerprint density at radius 3 is 2.65 bits per heavy atom. The Bertz CT molecular complexity index is 759. The molecule has 2 aromatic rings. The number of anilines is 3. The molecule has 0 aliphatic carbocycles.